The molecular weight excluding hydrogens is 356 g/mol. The highest BCUT2D eigenvalue weighted by Gasteiger charge is 2.71. The minimum absolute atomic E-state index is 0.111. The summed E-state index contributed by atoms with van der Waals surface area (Å²) in [5, 5.41) is 3.56. The molecule has 0 heterocycles. The van der Waals surface area contributed by atoms with Gasteiger partial charge in [0.15, 0.2) is 0 Å². The Hall–Kier alpha value is -1.35. The van der Waals surface area contributed by atoms with Crippen LogP contribution < -0.4 is 11.1 Å². The molecule has 1 amide bonds. The number of nitrogens with one attached hydrogen (secondary N) is 1. The molecule has 4 bridgehead atoms. The van der Waals surface area contributed by atoms with Crippen LogP contribution in [0.25, 0.3) is 0 Å². The molecule has 3 N–H and O–H groups in total. The molecular formula is C26H36N2O. The van der Waals surface area contributed by atoms with Crippen molar-refractivity contribution < 1.29 is 4.79 Å². The van der Waals surface area contributed by atoms with Crippen molar-refractivity contribution in [3.8, 4) is 0 Å². The molecule has 6 aliphatic carbocycles. The average molecular weight is 393 g/mol. The number of benzene rings is 1. The number of hydrogen-bond donors (Lipinski definition) is 2. The van der Waals surface area contributed by atoms with Crippen LogP contribution in [0.4, 0.5) is 0 Å². The fourth-order valence-electron chi connectivity index (χ4n) is 8.52. The summed E-state index contributed by atoms with van der Waals surface area (Å²) < 4.78 is 0. The van der Waals surface area contributed by atoms with Crippen LogP contribution in [0.3, 0.4) is 0 Å². The number of nitrogens with two attached hydrogens (primary N) is 1. The second-order valence-electron chi connectivity index (χ2n) is 11.5. The van der Waals surface area contributed by atoms with Crippen molar-refractivity contribution >= 4 is 5.91 Å². The highest BCUT2D eigenvalue weighted by atomic mass is 16.2. The maximum Gasteiger partial charge on any atom is 0.226 e. The molecule has 0 aliphatic heterocycles. The first-order valence-electron chi connectivity index (χ1n) is 12.1. The minimum Gasteiger partial charge on any atom is -0.353 e. The number of rotatable bonds is 4. The van der Waals surface area contributed by atoms with Gasteiger partial charge in [-0.25, -0.2) is 0 Å². The maximum absolute atomic E-state index is 13.8. The smallest absolute Gasteiger partial charge is 0.226 e. The Bertz CT molecular complexity index is 772. The Morgan fingerprint density at radius 2 is 1.62 bits per heavy atom. The van der Waals surface area contributed by atoms with Crippen molar-refractivity contribution in [3.63, 3.8) is 0 Å². The summed E-state index contributed by atoms with van der Waals surface area (Å²) in [5.41, 5.74) is 8.12. The van der Waals surface area contributed by atoms with Crippen LogP contribution in [0.5, 0.6) is 0 Å². The van der Waals surface area contributed by atoms with E-state index < -0.39 is 0 Å². The summed E-state index contributed by atoms with van der Waals surface area (Å²) in [6.07, 6.45) is 13.5. The predicted molar refractivity (Wildman–Crippen MR) is 115 cm³/mol. The molecule has 6 fully saturated rings. The van der Waals surface area contributed by atoms with Gasteiger partial charge in [0.2, 0.25) is 5.91 Å². The van der Waals surface area contributed by atoms with Crippen molar-refractivity contribution in [1.82, 2.24) is 5.32 Å². The molecule has 3 nitrogen and oxygen atoms in total. The third kappa shape index (κ3) is 2.69. The van der Waals surface area contributed by atoms with Gasteiger partial charge in [-0.2, -0.15) is 0 Å². The standard InChI is InChI=1S/C26H36N2O/c27-16-18-6-8-22(9-7-18)28-23(29)25-14-20-12-24(17-25,19-4-2-1-3-5-19)13-21(15-25)26(20)10-11-26/h1-5,18,20-22H,6-17,27H2,(H,28,29)/t18-,20?,21?,22-,24?,25?. The molecule has 0 saturated heterocycles. The Morgan fingerprint density at radius 3 is 2.21 bits per heavy atom. The molecule has 6 aliphatic rings. The van der Waals surface area contributed by atoms with Gasteiger partial charge in [0.25, 0.3) is 0 Å². The lowest BCUT2D eigenvalue weighted by molar-refractivity contribution is -0.162. The predicted octanol–water partition coefficient (Wildman–Crippen LogP) is 4.55. The van der Waals surface area contributed by atoms with Crippen LogP contribution in [0.2, 0.25) is 0 Å². The van der Waals surface area contributed by atoms with Gasteiger partial charge in [-0.3, -0.25) is 4.79 Å². The van der Waals surface area contributed by atoms with Gasteiger partial charge in [-0.1, -0.05) is 30.3 Å². The van der Waals surface area contributed by atoms with E-state index in [2.05, 4.69) is 35.6 Å². The lowest BCUT2D eigenvalue weighted by Crippen LogP contribution is -2.63. The number of hydrogen-bond acceptors (Lipinski definition) is 2. The van der Waals surface area contributed by atoms with E-state index >= 15 is 0 Å². The summed E-state index contributed by atoms with van der Waals surface area (Å²) in [5.74, 6) is 2.60. The third-order valence-electron chi connectivity index (χ3n) is 10.1. The number of carbonyl (C=O) groups excluding carboxylic acids is 1. The molecule has 2 unspecified atom stereocenters. The zero-order valence-corrected chi connectivity index (χ0v) is 17.7. The third-order valence-corrected chi connectivity index (χ3v) is 10.1. The van der Waals surface area contributed by atoms with E-state index in [4.69, 9.17) is 5.73 Å². The molecule has 2 atom stereocenters. The van der Waals surface area contributed by atoms with E-state index in [1.165, 1.54) is 44.1 Å². The van der Waals surface area contributed by atoms with E-state index in [0.29, 0.717) is 23.3 Å². The summed E-state index contributed by atoms with van der Waals surface area (Å²) in [6.45, 7) is 0.801. The molecule has 0 radical (unpaired) electrons. The molecule has 7 rings (SSSR count). The Morgan fingerprint density at radius 1 is 0.966 bits per heavy atom. The van der Waals surface area contributed by atoms with Crippen molar-refractivity contribution in [3.05, 3.63) is 35.9 Å². The van der Waals surface area contributed by atoms with Crippen LogP contribution >= 0.6 is 0 Å². The second-order valence-corrected chi connectivity index (χ2v) is 11.5. The molecule has 0 aromatic heterocycles. The first kappa shape index (κ1) is 18.4. The van der Waals surface area contributed by atoms with E-state index in [1.54, 1.807) is 0 Å². The second kappa shape index (κ2) is 6.33. The summed E-state index contributed by atoms with van der Waals surface area (Å²) in [4.78, 5) is 13.8. The lowest BCUT2D eigenvalue weighted by atomic mass is 9.39. The van der Waals surface area contributed by atoms with Crippen molar-refractivity contribution in [2.24, 2.45) is 34.3 Å². The fourth-order valence-corrected chi connectivity index (χ4v) is 8.52. The van der Waals surface area contributed by atoms with Gasteiger partial charge in [0.05, 0.1) is 5.41 Å². The number of carbonyl (C=O) groups is 1. The highest BCUT2D eigenvalue weighted by molar-refractivity contribution is 5.84. The van der Waals surface area contributed by atoms with Gasteiger partial charge in [-0.05, 0) is 111 Å². The van der Waals surface area contributed by atoms with Crippen LogP contribution in [0.15, 0.2) is 30.3 Å². The zero-order valence-electron chi connectivity index (χ0n) is 17.7. The Balaban J connectivity index is 1.27. The normalized spacial score (nSPS) is 44.0. The Labute approximate surface area is 175 Å². The van der Waals surface area contributed by atoms with Gasteiger partial charge in [0, 0.05) is 6.04 Å². The van der Waals surface area contributed by atoms with Crippen molar-refractivity contribution in [2.75, 3.05) is 6.54 Å². The van der Waals surface area contributed by atoms with Crippen LogP contribution in [-0.4, -0.2) is 18.5 Å². The lowest BCUT2D eigenvalue weighted by Gasteiger charge is -2.65. The minimum atomic E-state index is -0.111. The summed E-state index contributed by atoms with van der Waals surface area (Å²) in [7, 11) is 0. The molecule has 1 aromatic rings. The molecule has 1 aromatic carbocycles. The average Bonchev–Trinajstić information content (AvgIpc) is 3.55. The van der Waals surface area contributed by atoms with Crippen LogP contribution in [0, 0.1) is 28.6 Å². The van der Waals surface area contributed by atoms with Gasteiger partial charge >= 0.3 is 0 Å². The largest absolute Gasteiger partial charge is 0.353 e. The molecule has 29 heavy (non-hydrogen) atoms. The van der Waals surface area contributed by atoms with Crippen molar-refractivity contribution in [1.29, 1.82) is 0 Å². The monoisotopic (exact) mass is 392 g/mol. The fraction of sp³-hybridized carbons (Fsp3) is 0.731. The maximum atomic E-state index is 13.8. The van der Waals surface area contributed by atoms with Gasteiger partial charge < -0.3 is 11.1 Å². The quantitative estimate of drug-likeness (QED) is 0.790. The van der Waals surface area contributed by atoms with Crippen molar-refractivity contribution in [2.45, 2.75) is 82.1 Å². The zero-order chi connectivity index (χ0) is 19.7. The van der Waals surface area contributed by atoms with E-state index in [-0.39, 0.29) is 10.8 Å². The highest BCUT2D eigenvalue weighted by Crippen LogP contribution is 2.77. The summed E-state index contributed by atoms with van der Waals surface area (Å²) >= 11 is 0. The molecule has 6 saturated carbocycles. The topological polar surface area (TPSA) is 55.1 Å². The first-order valence-corrected chi connectivity index (χ1v) is 12.1. The van der Waals surface area contributed by atoms with Crippen LogP contribution in [-0.2, 0) is 10.2 Å². The Kier molecular flexibility index (Phi) is 4.02. The SMILES string of the molecule is NC[C@H]1CC[C@H](NC(=O)C23CC4CC(c5ccccc5)(CC(C2)C42CC2)C3)CC1. The number of amides is 1. The first-order chi connectivity index (χ1) is 14.1. The molecule has 1 spiro atoms. The van der Waals surface area contributed by atoms with E-state index in [1.807, 2.05) is 0 Å². The molecule has 156 valence electrons. The molecule has 3 heteroatoms. The van der Waals surface area contributed by atoms with Gasteiger partial charge in [-0.15, -0.1) is 0 Å². The van der Waals surface area contributed by atoms with Gasteiger partial charge in [0.1, 0.15) is 0 Å². The summed E-state index contributed by atoms with van der Waals surface area (Å²) in [6, 6.07) is 11.6. The van der Waals surface area contributed by atoms with E-state index in [0.717, 1.165) is 50.5 Å². The van der Waals surface area contributed by atoms with Crippen LogP contribution in [0.1, 0.15) is 76.2 Å². The van der Waals surface area contributed by atoms with E-state index in [9.17, 15) is 4.79 Å².